The lowest BCUT2D eigenvalue weighted by Gasteiger charge is -2.49. The summed E-state index contributed by atoms with van der Waals surface area (Å²) < 4.78 is 25.3. The van der Waals surface area contributed by atoms with Crippen molar-refractivity contribution < 1.29 is 23.7 Å². The van der Waals surface area contributed by atoms with Crippen molar-refractivity contribution in [2.45, 2.75) is 136 Å². The smallest absolute Gasteiger partial charge is 0.200 e. The first-order valence-electron chi connectivity index (χ1n) is 12.5. The second kappa shape index (κ2) is 10.1. The van der Waals surface area contributed by atoms with Crippen LogP contribution in [0.5, 0.6) is 0 Å². The highest BCUT2D eigenvalue weighted by atomic mass is 28.4. The molecular formula is C25H50O5Si. The van der Waals surface area contributed by atoms with Crippen LogP contribution in [0.1, 0.15) is 83.1 Å². The second-order valence-electron chi connectivity index (χ2n) is 11.6. The Morgan fingerprint density at radius 3 is 1.71 bits per heavy atom. The minimum absolute atomic E-state index is 0.0191. The Morgan fingerprint density at radius 2 is 1.29 bits per heavy atom. The molecule has 0 spiro atoms. The zero-order chi connectivity index (χ0) is 23.9. The van der Waals surface area contributed by atoms with Gasteiger partial charge in [0.1, 0.15) is 0 Å². The fraction of sp³-hybridized carbons (Fsp3) is 1.00. The molecular weight excluding hydrogens is 408 g/mol. The van der Waals surface area contributed by atoms with E-state index in [1.165, 1.54) is 0 Å². The summed E-state index contributed by atoms with van der Waals surface area (Å²) in [6, 6.07) is 0. The first-order valence-corrected chi connectivity index (χ1v) is 14.6. The van der Waals surface area contributed by atoms with Crippen LogP contribution in [-0.4, -0.2) is 56.3 Å². The van der Waals surface area contributed by atoms with Crippen LogP contribution in [0.25, 0.3) is 0 Å². The highest BCUT2D eigenvalue weighted by Gasteiger charge is 2.50. The molecule has 0 bridgehead atoms. The van der Waals surface area contributed by atoms with Gasteiger partial charge in [0.2, 0.25) is 0 Å². The van der Waals surface area contributed by atoms with Gasteiger partial charge >= 0.3 is 0 Å². The van der Waals surface area contributed by atoms with Crippen LogP contribution in [0.4, 0.5) is 0 Å². The normalized spacial score (nSPS) is 34.3. The molecule has 2 fully saturated rings. The molecule has 2 saturated heterocycles. The molecule has 0 amide bonds. The summed E-state index contributed by atoms with van der Waals surface area (Å²) in [6.07, 6.45) is -0.249. The quantitative estimate of drug-likeness (QED) is 0.333. The lowest BCUT2D eigenvalue weighted by Crippen LogP contribution is -2.57. The van der Waals surface area contributed by atoms with Gasteiger partial charge in [-0.2, -0.15) is 0 Å². The summed E-state index contributed by atoms with van der Waals surface area (Å²) in [5.74, 6) is -0.511. The summed E-state index contributed by atoms with van der Waals surface area (Å²) in [5.41, 5.74) is 1.61. The number of epoxide rings is 1. The number of aliphatic hydroxyl groups is 1. The molecule has 5 nitrogen and oxygen atoms in total. The number of rotatable bonds is 10. The summed E-state index contributed by atoms with van der Waals surface area (Å²) in [4.78, 5) is 0. The van der Waals surface area contributed by atoms with Crippen molar-refractivity contribution in [1.29, 1.82) is 0 Å². The lowest BCUT2D eigenvalue weighted by atomic mass is 9.80. The van der Waals surface area contributed by atoms with Crippen molar-refractivity contribution in [3.63, 3.8) is 0 Å². The van der Waals surface area contributed by atoms with Crippen LogP contribution in [0, 0.1) is 17.8 Å². The Kier molecular flexibility index (Phi) is 8.88. The summed E-state index contributed by atoms with van der Waals surface area (Å²) in [7, 11) is -1.98. The zero-order valence-electron chi connectivity index (χ0n) is 22.1. The molecule has 1 N–H and O–H groups in total. The summed E-state index contributed by atoms with van der Waals surface area (Å²) >= 11 is 0. The maximum Gasteiger partial charge on any atom is 0.200 e. The fourth-order valence-corrected chi connectivity index (χ4v) is 11.7. The van der Waals surface area contributed by atoms with E-state index < -0.39 is 20.2 Å². The van der Waals surface area contributed by atoms with Crippen molar-refractivity contribution in [3.8, 4) is 0 Å². The van der Waals surface area contributed by atoms with Crippen LogP contribution in [-0.2, 0) is 18.6 Å². The molecule has 8 atom stereocenters. The predicted molar refractivity (Wildman–Crippen MR) is 129 cm³/mol. The first kappa shape index (κ1) is 27.3. The maximum absolute atomic E-state index is 11.1. The Morgan fingerprint density at radius 1 is 0.839 bits per heavy atom. The van der Waals surface area contributed by atoms with Crippen molar-refractivity contribution >= 4 is 8.32 Å². The van der Waals surface area contributed by atoms with Gasteiger partial charge in [0.15, 0.2) is 14.1 Å². The monoisotopic (exact) mass is 458 g/mol. The van der Waals surface area contributed by atoms with Gasteiger partial charge in [-0.3, -0.25) is 0 Å². The third-order valence-corrected chi connectivity index (χ3v) is 14.1. The van der Waals surface area contributed by atoms with Crippen LogP contribution in [0.2, 0.25) is 16.6 Å². The maximum atomic E-state index is 11.1. The molecule has 2 aliphatic heterocycles. The zero-order valence-corrected chi connectivity index (χ0v) is 23.1. The number of ether oxygens (including phenoxy) is 3. The van der Waals surface area contributed by atoms with E-state index in [-0.39, 0.29) is 42.2 Å². The van der Waals surface area contributed by atoms with E-state index >= 15 is 0 Å². The number of hydrogen-bond donors (Lipinski definition) is 1. The highest BCUT2D eigenvalue weighted by molar-refractivity contribution is 6.77. The van der Waals surface area contributed by atoms with E-state index in [1.54, 1.807) is 0 Å². The van der Waals surface area contributed by atoms with Gasteiger partial charge in [-0.25, -0.2) is 0 Å². The molecule has 0 radical (unpaired) electrons. The van der Waals surface area contributed by atoms with E-state index in [4.69, 9.17) is 18.6 Å². The molecule has 2 rings (SSSR count). The third-order valence-electron chi connectivity index (χ3n) is 8.04. The predicted octanol–water partition coefficient (Wildman–Crippen LogP) is 5.76. The van der Waals surface area contributed by atoms with Crippen molar-refractivity contribution in [2.24, 2.45) is 17.8 Å². The van der Waals surface area contributed by atoms with E-state index in [0.29, 0.717) is 23.2 Å². The van der Waals surface area contributed by atoms with E-state index in [0.717, 1.165) is 0 Å². The molecule has 2 aliphatic rings. The highest BCUT2D eigenvalue weighted by Crippen LogP contribution is 2.44. The standard InChI is InChI=1S/C25H50O5Si/c1-14(2)31(15(3)4,16(5)6)27-13-21-17(7)23(30-25(11,12)29-21)18(8)22(26)19(9)24-20(10)28-24/h14-24,26H,13H2,1-12H3/t17-,18+,19-,20+,21-,22-,23-,24-/m0/s1. The Bertz CT molecular complexity index is 556. The molecule has 0 saturated carbocycles. The van der Waals surface area contributed by atoms with Crippen LogP contribution in [0.3, 0.4) is 0 Å². The van der Waals surface area contributed by atoms with Gasteiger partial charge in [0.25, 0.3) is 0 Å². The molecule has 6 heteroatoms. The first-order chi connectivity index (χ1) is 14.2. The van der Waals surface area contributed by atoms with Crippen LogP contribution >= 0.6 is 0 Å². The lowest BCUT2D eigenvalue weighted by molar-refractivity contribution is -0.334. The topological polar surface area (TPSA) is 60.5 Å². The summed E-state index contributed by atoms with van der Waals surface area (Å²) in [6.45, 7) is 26.9. The van der Waals surface area contributed by atoms with Crippen molar-refractivity contribution in [2.75, 3.05) is 6.61 Å². The largest absolute Gasteiger partial charge is 0.413 e. The SMILES string of the molecule is CC(C)[Si](OC[C@@H]1OC(C)(C)O[C@H]([C@H](C)[C@H](O)[C@H](C)[C@@H]2O[C@@H]2C)[C@H]1C)(C(C)C)C(C)C. The molecule has 0 aromatic heterocycles. The van der Waals surface area contributed by atoms with E-state index in [2.05, 4.69) is 69.2 Å². The Labute approximate surface area is 192 Å². The number of aliphatic hydroxyl groups excluding tert-OH is 1. The van der Waals surface area contributed by atoms with Crippen molar-refractivity contribution in [1.82, 2.24) is 0 Å². The van der Waals surface area contributed by atoms with E-state index in [9.17, 15) is 5.11 Å². The molecule has 0 aliphatic carbocycles. The Hall–Kier alpha value is 0.0169. The molecule has 2 heterocycles. The van der Waals surface area contributed by atoms with Crippen LogP contribution < -0.4 is 0 Å². The van der Waals surface area contributed by atoms with Gasteiger partial charge in [0, 0.05) is 17.8 Å². The minimum atomic E-state index is -1.98. The second-order valence-corrected chi connectivity index (χ2v) is 17.1. The molecule has 0 aromatic carbocycles. The van der Waals surface area contributed by atoms with Gasteiger partial charge < -0.3 is 23.7 Å². The van der Waals surface area contributed by atoms with Gasteiger partial charge in [0.05, 0.1) is 37.1 Å². The third kappa shape index (κ3) is 5.75. The molecule has 0 unspecified atom stereocenters. The number of hydrogen-bond acceptors (Lipinski definition) is 5. The van der Waals surface area contributed by atoms with E-state index in [1.807, 2.05) is 13.8 Å². The van der Waals surface area contributed by atoms with Gasteiger partial charge in [-0.15, -0.1) is 0 Å². The molecule has 0 aromatic rings. The summed E-state index contributed by atoms with van der Waals surface area (Å²) in [5, 5.41) is 11.1. The Balaban J connectivity index is 2.17. The average Bonchev–Trinajstić information content (AvgIpc) is 3.38. The molecule has 184 valence electrons. The van der Waals surface area contributed by atoms with Gasteiger partial charge in [-0.1, -0.05) is 62.3 Å². The minimum Gasteiger partial charge on any atom is -0.413 e. The fourth-order valence-electron chi connectivity index (χ4n) is 6.27. The van der Waals surface area contributed by atoms with Gasteiger partial charge in [-0.05, 0) is 37.4 Å². The molecule has 31 heavy (non-hydrogen) atoms. The van der Waals surface area contributed by atoms with Crippen molar-refractivity contribution in [3.05, 3.63) is 0 Å². The van der Waals surface area contributed by atoms with Crippen LogP contribution in [0.15, 0.2) is 0 Å². The average molecular weight is 459 g/mol.